The number of para-hydroxylation sites is 1. The number of anilines is 1. The number of hydrogen-bond acceptors (Lipinski definition) is 7. The minimum Gasteiger partial charge on any atom is -0.434 e. The molecule has 1 amide bonds. The summed E-state index contributed by atoms with van der Waals surface area (Å²) in [5.41, 5.74) is 2.99. The van der Waals surface area contributed by atoms with E-state index in [4.69, 9.17) is 16.6 Å². The fraction of sp³-hybridized carbons (Fsp3) is 0.0476. The van der Waals surface area contributed by atoms with E-state index in [9.17, 15) is 14.9 Å². The third kappa shape index (κ3) is 4.23. The van der Waals surface area contributed by atoms with Gasteiger partial charge >= 0.3 is 0 Å². The van der Waals surface area contributed by atoms with E-state index in [1.807, 2.05) is 13.0 Å². The highest BCUT2D eigenvalue weighted by Gasteiger charge is 2.20. The molecule has 31 heavy (non-hydrogen) atoms. The van der Waals surface area contributed by atoms with Gasteiger partial charge in [0.1, 0.15) is 5.56 Å². The molecule has 4 aromatic rings. The summed E-state index contributed by atoms with van der Waals surface area (Å²) in [6.45, 7) is 1.86. The fourth-order valence-corrected chi connectivity index (χ4v) is 3.18. The zero-order chi connectivity index (χ0) is 22.0. The molecule has 0 radical (unpaired) electrons. The van der Waals surface area contributed by atoms with Crippen molar-refractivity contribution in [2.75, 3.05) is 5.32 Å². The molecule has 0 unspecified atom stereocenters. The van der Waals surface area contributed by atoms with E-state index in [-0.39, 0.29) is 16.4 Å². The van der Waals surface area contributed by atoms with Crippen LogP contribution in [0.15, 0.2) is 65.2 Å². The first-order chi connectivity index (χ1) is 14.9. The van der Waals surface area contributed by atoms with Crippen molar-refractivity contribution in [3.63, 3.8) is 0 Å². The van der Waals surface area contributed by atoms with Crippen molar-refractivity contribution in [2.24, 2.45) is 0 Å². The van der Waals surface area contributed by atoms with Gasteiger partial charge in [-0.1, -0.05) is 12.1 Å². The number of aryl methyl sites for hydroxylation is 1. The maximum Gasteiger partial charge on any atom is 0.282 e. The molecular formula is C21H15N5O4S. The topological polar surface area (TPSA) is 123 Å². The van der Waals surface area contributed by atoms with Crippen molar-refractivity contribution >= 4 is 45.8 Å². The number of benzene rings is 2. The third-order valence-corrected chi connectivity index (χ3v) is 4.66. The maximum atomic E-state index is 12.4. The highest BCUT2D eigenvalue weighted by Crippen LogP contribution is 2.27. The Hall–Kier alpha value is -4.18. The first-order valence-electron chi connectivity index (χ1n) is 9.10. The van der Waals surface area contributed by atoms with Crippen LogP contribution in [0.5, 0.6) is 0 Å². The van der Waals surface area contributed by atoms with E-state index < -0.39 is 10.8 Å². The van der Waals surface area contributed by atoms with Crippen LogP contribution in [0.4, 0.5) is 11.4 Å². The van der Waals surface area contributed by atoms with Crippen molar-refractivity contribution in [3.05, 3.63) is 82.0 Å². The van der Waals surface area contributed by atoms with Gasteiger partial charge in [-0.05, 0) is 61.1 Å². The number of nitrogens with one attached hydrogen (secondary N) is 2. The number of nitrogens with zero attached hydrogens (tertiary/aromatic N) is 3. The minimum atomic E-state index is -0.668. The smallest absolute Gasteiger partial charge is 0.282 e. The molecule has 0 aliphatic rings. The van der Waals surface area contributed by atoms with E-state index in [0.717, 1.165) is 11.1 Å². The van der Waals surface area contributed by atoms with Crippen LogP contribution in [0.25, 0.3) is 22.7 Å². The van der Waals surface area contributed by atoms with Gasteiger partial charge < -0.3 is 9.73 Å². The van der Waals surface area contributed by atoms with Crippen LogP contribution >= 0.6 is 12.2 Å². The Morgan fingerprint density at radius 1 is 1.16 bits per heavy atom. The highest BCUT2D eigenvalue weighted by atomic mass is 32.1. The predicted octanol–water partition coefficient (Wildman–Crippen LogP) is 4.23. The summed E-state index contributed by atoms with van der Waals surface area (Å²) >= 11 is 5.20. The number of thiocarbonyl (C=S) groups is 1. The molecule has 2 aromatic heterocycles. The Bertz CT molecular complexity index is 1300. The fourth-order valence-electron chi connectivity index (χ4n) is 2.98. The van der Waals surface area contributed by atoms with Crippen molar-refractivity contribution < 1.29 is 14.1 Å². The molecule has 0 atom stereocenters. The zero-order valence-corrected chi connectivity index (χ0v) is 17.0. The van der Waals surface area contributed by atoms with Crippen molar-refractivity contribution in [1.82, 2.24) is 15.3 Å². The highest BCUT2D eigenvalue weighted by molar-refractivity contribution is 7.80. The Labute approximate surface area is 181 Å². The molecule has 2 N–H and O–H groups in total. The maximum absolute atomic E-state index is 12.4. The van der Waals surface area contributed by atoms with E-state index >= 15 is 0 Å². The van der Waals surface area contributed by atoms with Gasteiger partial charge in [0, 0.05) is 23.5 Å². The lowest BCUT2D eigenvalue weighted by Gasteiger charge is -2.12. The van der Waals surface area contributed by atoms with Crippen molar-refractivity contribution in [1.29, 1.82) is 0 Å². The Kier molecular flexibility index (Phi) is 5.37. The number of rotatable bonds is 4. The average Bonchev–Trinajstić information content (AvgIpc) is 3.19. The number of pyridine rings is 1. The van der Waals surface area contributed by atoms with E-state index in [1.165, 1.54) is 18.2 Å². The van der Waals surface area contributed by atoms with Crippen LogP contribution in [-0.4, -0.2) is 25.9 Å². The second kappa shape index (κ2) is 8.28. The number of oxazole rings is 1. The van der Waals surface area contributed by atoms with Crippen LogP contribution < -0.4 is 10.6 Å². The number of hydrogen-bond donors (Lipinski definition) is 2. The molecule has 0 saturated heterocycles. The summed E-state index contributed by atoms with van der Waals surface area (Å²) in [5, 5.41) is 16.5. The number of carbonyl (C=O) groups is 1. The monoisotopic (exact) mass is 433 g/mol. The van der Waals surface area contributed by atoms with Crippen LogP contribution in [-0.2, 0) is 0 Å². The molecule has 0 fully saturated rings. The second-order valence-electron chi connectivity index (χ2n) is 6.56. The lowest BCUT2D eigenvalue weighted by atomic mass is 10.1. The predicted molar refractivity (Wildman–Crippen MR) is 119 cm³/mol. The first-order valence-corrected chi connectivity index (χ1v) is 9.51. The van der Waals surface area contributed by atoms with Gasteiger partial charge in [0.15, 0.2) is 16.3 Å². The minimum absolute atomic E-state index is 0.0186. The molecule has 0 spiro atoms. The molecule has 0 aliphatic carbocycles. The molecular weight excluding hydrogens is 418 g/mol. The quantitative estimate of drug-likeness (QED) is 0.278. The Morgan fingerprint density at radius 2 is 1.97 bits per heavy atom. The molecule has 4 rings (SSSR count). The van der Waals surface area contributed by atoms with E-state index in [1.54, 1.807) is 36.5 Å². The number of nitro benzene ring substituents is 1. The largest absolute Gasteiger partial charge is 0.434 e. The van der Waals surface area contributed by atoms with Crippen LogP contribution in [0.1, 0.15) is 15.9 Å². The summed E-state index contributed by atoms with van der Waals surface area (Å²) in [6, 6.07) is 14.7. The lowest BCUT2D eigenvalue weighted by Crippen LogP contribution is -2.34. The van der Waals surface area contributed by atoms with Crippen LogP contribution in [0.2, 0.25) is 0 Å². The number of amides is 1. The summed E-state index contributed by atoms with van der Waals surface area (Å²) in [7, 11) is 0. The van der Waals surface area contributed by atoms with Gasteiger partial charge in [-0.25, -0.2) is 4.98 Å². The molecule has 2 aromatic carbocycles. The molecule has 2 heterocycles. The van der Waals surface area contributed by atoms with Gasteiger partial charge in [0.2, 0.25) is 5.89 Å². The average molecular weight is 433 g/mol. The lowest BCUT2D eigenvalue weighted by molar-refractivity contribution is -0.385. The van der Waals surface area contributed by atoms with Crippen molar-refractivity contribution in [2.45, 2.75) is 6.92 Å². The summed E-state index contributed by atoms with van der Waals surface area (Å²) in [5.74, 6) is -0.228. The molecule has 10 heteroatoms. The summed E-state index contributed by atoms with van der Waals surface area (Å²) in [4.78, 5) is 31.4. The van der Waals surface area contributed by atoms with Gasteiger partial charge in [-0.15, -0.1) is 0 Å². The van der Waals surface area contributed by atoms with Gasteiger partial charge in [-0.3, -0.25) is 20.2 Å². The summed E-state index contributed by atoms with van der Waals surface area (Å²) < 4.78 is 5.73. The number of aromatic nitrogens is 2. The molecule has 154 valence electrons. The number of carbonyl (C=O) groups excluding carboxylic acids is 1. The molecule has 0 saturated carbocycles. The molecule has 0 aliphatic heterocycles. The SMILES string of the molecule is Cc1cc(-c2nc3ncccc3o2)ccc1NC(=S)NC(=O)c1ccccc1[N+](=O)[O-]. The normalized spacial score (nSPS) is 10.6. The molecule has 0 bridgehead atoms. The van der Waals surface area contributed by atoms with Crippen molar-refractivity contribution in [3.8, 4) is 11.5 Å². The van der Waals surface area contributed by atoms with E-state index in [2.05, 4.69) is 20.6 Å². The number of fused-ring (bicyclic) bond motifs is 1. The Morgan fingerprint density at radius 3 is 2.71 bits per heavy atom. The van der Waals surface area contributed by atoms with Gasteiger partial charge in [0.25, 0.3) is 11.6 Å². The molecule has 9 nitrogen and oxygen atoms in total. The number of nitro groups is 1. The second-order valence-corrected chi connectivity index (χ2v) is 6.96. The zero-order valence-electron chi connectivity index (χ0n) is 16.2. The van der Waals surface area contributed by atoms with Gasteiger partial charge in [-0.2, -0.15) is 4.98 Å². The van der Waals surface area contributed by atoms with Crippen LogP contribution in [0.3, 0.4) is 0 Å². The summed E-state index contributed by atoms with van der Waals surface area (Å²) in [6.07, 6.45) is 1.65. The first kappa shape index (κ1) is 20.1. The third-order valence-electron chi connectivity index (χ3n) is 4.46. The van der Waals surface area contributed by atoms with E-state index in [0.29, 0.717) is 22.8 Å². The Balaban J connectivity index is 1.49. The van der Waals surface area contributed by atoms with Gasteiger partial charge in [0.05, 0.1) is 4.92 Å². The van der Waals surface area contributed by atoms with Crippen LogP contribution in [0, 0.1) is 17.0 Å². The standard InChI is InChI=1S/C21H15N5O4S/c1-12-11-13(20-24-18-17(30-20)7-4-10-22-18)8-9-15(12)23-21(31)25-19(27)14-5-2-3-6-16(14)26(28)29/h2-11H,1H3,(H2,23,25,27,31).